The third-order valence-electron chi connectivity index (χ3n) is 7.07. The van der Waals surface area contributed by atoms with Crippen LogP contribution in [-0.2, 0) is 14.3 Å². The van der Waals surface area contributed by atoms with Gasteiger partial charge in [0.15, 0.2) is 11.5 Å². The maximum atomic E-state index is 13.3. The minimum atomic E-state index is -0.733. The Bertz CT molecular complexity index is 1130. The number of ketones is 1. The van der Waals surface area contributed by atoms with E-state index in [1.165, 1.54) is 0 Å². The van der Waals surface area contributed by atoms with Gasteiger partial charge in [0.1, 0.15) is 5.76 Å². The van der Waals surface area contributed by atoms with Crippen molar-refractivity contribution in [2.45, 2.75) is 38.6 Å². The monoisotopic (exact) mass is 522 g/mol. The van der Waals surface area contributed by atoms with Crippen LogP contribution >= 0.6 is 0 Å². The Balaban J connectivity index is 1.65. The maximum absolute atomic E-state index is 13.3. The van der Waals surface area contributed by atoms with Crippen molar-refractivity contribution in [3.63, 3.8) is 0 Å². The summed E-state index contributed by atoms with van der Waals surface area (Å²) in [4.78, 5) is 30.5. The summed E-state index contributed by atoms with van der Waals surface area (Å²) in [6.07, 6.45) is 3.83. The van der Waals surface area contributed by atoms with Gasteiger partial charge in [0.05, 0.1) is 38.5 Å². The van der Waals surface area contributed by atoms with Crippen molar-refractivity contribution >= 4 is 17.4 Å². The smallest absolute Gasteiger partial charge is 0.295 e. The summed E-state index contributed by atoms with van der Waals surface area (Å²) >= 11 is 0. The number of amides is 1. The van der Waals surface area contributed by atoms with E-state index < -0.39 is 17.7 Å². The maximum Gasteiger partial charge on any atom is 0.295 e. The molecule has 2 fully saturated rings. The average molecular weight is 523 g/mol. The highest BCUT2D eigenvalue weighted by Gasteiger charge is 2.46. The summed E-state index contributed by atoms with van der Waals surface area (Å²) in [7, 11) is 1.57. The first-order valence-corrected chi connectivity index (χ1v) is 13.5. The Morgan fingerprint density at radius 3 is 2.47 bits per heavy atom. The van der Waals surface area contributed by atoms with Gasteiger partial charge in [0, 0.05) is 31.7 Å². The Morgan fingerprint density at radius 1 is 1.00 bits per heavy atom. The Labute approximate surface area is 224 Å². The molecule has 0 saturated carbocycles. The number of carbonyl (C=O) groups excluding carboxylic acids is 2. The third-order valence-corrected chi connectivity index (χ3v) is 7.07. The molecule has 0 radical (unpaired) electrons. The molecule has 2 aliphatic heterocycles. The fourth-order valence-electron chi connectivity index (χ4n) is 5.01. The van der Waals surface area contributed by atoms with Crippen LogP contribution in [-0.4, -0.2) is 79.7 Å². The number of benzene rings is 2. The molecule has 1 amide bonds. The predicted octanol–water partition coefficient (Wildman–Crippen LogP) is 4.41. The lowest BCUT2D eigenvalue weighted by Crippen LogP contribution is -2.39. The SMILES string of the molecule is CCCCCOc1ccc(C2/C(=C(\O)c3ccccc3)C(=O)C(=O)N2CCCN2CCOCC2)cc1OC. The summed E-state index contributed by atoms with van der Waals surface area (Å²) in [5.74, 6) is -0.323. The fraction of sp³-hybridized carbons (Fsp3) is 0.467. The van der Waals surface area contributed by atoms with Gasteiger partial charge in [0.25, 0.3) is 11.7 Å². The quantitative estimate of drug-likeness (QED) is 0.191. The zero-order valence-electron chi connectivity index (χ0n) is 22.4. The molecule has 0 aliphatic carbocycles. The number of carbonyl (C=O) groups is 2. The lowest BCUT2D eigenvalue weighted by molar-refractivity contribution is -0.140. The molecule has 4 rings (SSSR count). The van der Waals surface area contributed by atoms with E-state index in [1.54, 1.807) is 42.3 Å². The van der Waals surface area contributed by atoms with Crippen molar-refractivity contribution in [3.05, 3.63) is 65.2 Å². The number of hydrogen-bond acceptors (Lipinski definition) is 7. The van der Waals surface area contributed by atoms with Gasteiger partial charge in [-0.1, -0.05) is 56.2 Å². The number of methoxy groups -OCH3 is 1. The number of morpholine rings is 1. The van der Waals surface area contributed by atoms with Crippen LogP contribution in [0.3, 0.4) is 0 Å². The zero-order valence-corrected chi connectivity index (χ0v) is 22.4. The lowest BCUT2D eigenvalue weighted by Gasteiger charge is -2.29. The third kappa shape index (κ3) is 6.37. The van der Waals surface area contributed by atoms with Gasteiger partial charge in [-0.05, 0) is 30.5 Å². The van der Waals surface area contributed by atoms with E-state index in [-0.39, 0.29) is 11.3 Å². The molecule has 1 atom stereocenters. The van der Waals surface area contributed by atoms with E-state index in [9.17, 15) is 14.7 Å². The number of Topliss-reactive ketones (excluding diaryl/α,β-unsaturated/α-hetero) is 1. The molecule has 8 nitrogen and oxygen atoms in total. The van der Waals surface area contributed by atoms with Crippen LogP contribution in [0.5, 0.6) is 11.5 Å². The van der Waals surface area contributed by atoms with Gasteiger partial charge >= 0.3 is 0 Å². The van der Waals surface area contributed by atoms with Gasteiger partial charge in [0.2, 0.25) is 0 Å². The van der Waals surface area contributed by atoms with Crippen molar-refractivity contribution in [1.82, 2.24) is 9.80 Å². The largest absolute Gasteiger partial charge is 0.507 e. The summed E-state index contributed by atoms with van der Waals surface area (Å²) in [5.41, 5.74) is 1.27. The van der Waals surface area contributed by atoms with E-state index >= 15 is 0 Å². The van der Waals surface area contributed by atoms with Gasteiger partial charge in [-0.15, -0.1) is 0 Å². The molecular weight excluding hydrogens is 484 g/mol. The number of ether oxygens (including phenoxy) is 3. The minimum absolute atomic E-state index is 0.0891. The first kappa shape index (κ1) is 27.7. The summed E-state index contributed by atoms with van der Waals surface area (Å²) in [6, 6.07) is 13.6. The molecule has 2 saturated heterocycles. The van der Waals surface area contributed by atoms with Gasteiger partial charge < -0.3 is 24.2 Å². The summed E-state index contributed by atoms with van der Waals surface area (Å²) in [5, 5.41) is 11.2. The van der Waals surface area contributed by atoms with Gasteiger partial charge in [-0.25, -0.2) is 0 Å². The van der Waals surface area contributed by atoms with E-state index in [0.29, 0.717) is 55.4 Å². The van der Waals surface area contributed by atoms with Crippen LogP contribution in [0.1, 0.15) is 49.8 Å². The second-order valence-corrected chi connectivity index (χ2v) is 9.63. The molecular formula is C30H38N2O6. The molecule has 38 heavy (non-hydrogen) atoms. The van der Waals surface area contributed by atoms with Crippen LogP contribution in [0.2, 0.25) is 0 Å². The lowest BCUT2D eigenvalue weighted by atomic mass is 9.95. The van der Waals surface area contributed by atoms with Gasteiger partial charge in [-0.2, -0.15) is 0 Å². The summed E-state index contributed by atoms with van der Waals surface area (Å²) < 4.78 is 17.0. The van der Waals surface area contributed by atoms with Crippen LogP contribution in [0.4, 0.5) is 0 Å². The number of likely N-dealkylation sites (tertiary alicyclic amines) is 1. The number of rotatable bonds is 12. The van der Waals surface area contributed by atoms with Crippen molar-refractivity contribution in [2.75, 3.05) is 53.1 Å². The van der Waals surface area contributed by atoms with Crippen LogP contribution in [0.25, 0.3) is 5.76 Å². The highest BCUT2D eigenvalue weighted by Crippen LogP contribution is 2.42. The molecule has 2 heterocycles. The Hall–Kier alpha value is -3.36. The van der Waals surface area contributed by atoms with E-state index in [2.05, 4.69) is 11.8 Å². The molecule has 1 N–H and O–H groups in total. The molecule has 2 aromatic carbocycles. The van der Waals surface area contributed by atoms with Crippen molar-refractivity contribution in [3.8, 4) is 11.5 Å². The molecule has 204 valence electrons. The van der Waals surface area contributed by atoms with Crippen molar-refractivity contribution < 1.29 is 28.9 Å². The van der Waals surface area contributed by atoms with Crippen molar-refractivity contribution in [1.29, 1.82) is 0 Å². The highest BCUT2D eigenvalue weighted by molar-refractivity contribution is 6.46. The molecule has 0 spiro atoms. The number of aliphatic hydroxyl groups excluding tert-OH is 1. The second kappa shape index (κ2) is 13.4. The zero-order chi connectivity index (χ0) is 26.9. The Kier molecular flexibility index (Phi) is 9.79. The molecule has 0 aromatic heterocycles. The van der Waals surface area contributed by atoms with Gasteiger partial charge in [-0.3, -0.25) is 14.5 Å². The van der Waals surface area contributed by atoms with E-state index in [0.717, 1.165) is 38.9 Å². The standard InChI is InChI=1S/C30H38N2O6/c1-3-4-8-18-38-24-13-12-23(21-25(24)36-2)27-26(28(33)22-10-6-5-7-11-22)29(34)30(35)32(27)15-9-14-31-16-19-37-20-17-31/h5-7,10-13,21,27,33H,3-4,8-9,14-20H2,1-2H3/b28-26+. The molecule has 0 bridgehead atoms. The predicted molar refractivity (Wildman–Crippen MR) is 145 cm³/mol. The Morgan fingerprint density at radius 2 is 1.76 bits per heavy atom. The number of unbranched alkanes of at least 4 members (excludes halogenated alkanes) is 2. The van der Waals surface area contributed by atoms with Crippen molar-refractivity contribution in [2.24, 2.45) is 0 Å². The van der Waals surface area contributed by atoms with Crippen LogP contribution in [0.15, 0.2) is 54.1 Å². The first-order valence-electron chi connectivity index (χ1n) is 13.5. The van der Waals surface area contributed by atoms with Crippen LogP contribution < -0.4 is 9.47 Å². The van der Waals surface area contributed by atoms with E-state index in [1.807, 2.05) is 18.2 Å². The normalized spacial score (nSPS) is 19.6. The number of nitrogens with zero attached hydrogens (tertiary/aromatic N) is 2. The molecule has 2 aromatic rings. The van der Waals surface area contributed by atoms with Crippen LogP contribution in [0, 0.1) is 0 Å². The highest BCUT2D eigenvalue weighted by atomic mass is 16.5. The topological polar surface area (TPSA) is 88.5 Å². The molecule has 2 aliphatic rings. The first-order chi connectivity index (χ1) is 18.5. The summed E-state index contributed by atoms with van der Waals surface area (Å²) in [6.45, 7) is 7.02. The fourth-order valence-corrected chi connectivity index (χ4v) is 5.01. The average Bonchev–Trinajstić information content (AvgIpc) is 3.21. The number of hydrogen-bond donors (Lipinski definition) is 1. The number of aliphatic hydroxyl groups is 1. The molecule has 1 unspecified atom stereocenters. The molecule has 8 heteroatoms. The minimum Gasteiger partial charge on any atom is -0.507 e. The second-order valence-electron chi connectivity index (χ2n) is 9.63. The van der Waals surface area contributed by atoms with E-state index in [4.69, 9.17) is 14.2 Å².